The van der Waals surface area contributed by atoms with E-state index >= 15 is 0 Å². The van der Waals surface area contributed by atoms with Crippen molar-refractivity contribution in [2.75, 3.05) is 20.6 Å². The number of amides is 3. The Hall–Kier alpha value is -4.16. The lowest BCUT2D eigenvalue weighted by molar-refractivity contribution is -0.146. The van der Waals surface area contributed by atoms with Gasteiger partial charge in [-0.1, -0.05) is 43.5 Å². The lowest BCUT2D eigenvalue weighted by Gasteiger charge is -2.40. The van der Waals surface area contributed by atoms with E-state index in [1.807, 2.05) is 0 Å². The number of amidine groups is 1. The van der Waals surface area contributed by atoms with Crippen LogP contribution < -0.4 is 27.8 Å². The first-order valence-corrected chi connectivity index (χ1v) is 13.8. The number of nitrogens with zero attached hydrogens (tertiary/aromatic N) is 2. The van der Waals surface area contributed by atoms with Crippen LogP contribution >= 0.6 is 0 Å². The van der Waals surface area contributed by atoms with E-state index in [1.54, 1.807) is 45.3 Å². The van der Waals surface area contributed by atoms with Crippen molar-refractivity contribution in [3.63, 3.8) is 0 Å². The van der Waals surface area contributed by atoms with Crippen LogP contribution in [0.4, 0.5) is 0 Å². The Morgan fingerprint density at radius 1 is 1.10 bits per heavy atom. The Labute approximate surface area is 240 Å². The quantitative estimate of drug-likeness (QED) is 0.0707. The predicted octanol–water partition coefficient (Wildman–Crippen LogP) is 0.296. The second-order valence-electron chi connectivity index (χ2n) is 10.9. The van der Waals surface area contributed by atoms with Gasteiger partial charge >= 0.3 is 5.97 Å². The number of carbonyl (C=O) groups is 4. The van der Waals surface area contributed by atoms with Gasteiger partial charge in [-0.05, 0) is 50.5 Å². The van der Waals surface area contributed by atoms with Crippen molar-refractivity contribution in [2.24, 2.45) is 34.0 Å². The molecule has 0 radical (unpaired) electrons. The second-order valence-corrected chi connectivity index (χ2v) is 10.9. The van der Waals surface area contributed by atoms with E-state index in [4.69, 9.17) is 22.6 Å². The third kappa shape index (κ3) is 9.47. The number of nitrogens with one attached hydrogen (secondary N) is 3. The Bertz CT molecular complexity index is 1130. The highest BCUT2D eigenvalue weighted by Gasteiger charge is 2.45. The Kier molecular flexibility index (Phi) is 12.1. The van der Waals surface area contributed by atoms with Crippen molar-refractivity contribution in [3.05, 3.63) is 35.4 Å². The molecule has 0 spiro atoms. The van der Waals surface area contributed by atoms with Gasteiger partial charge in [0.25, 0.3) is 0 Å². The fourth-order valence-corrected chi connectivity index (χ4v) is 5.10. The third-order valence-corrected chi connectivity index (χ3v) is 7.59. The molecule has 1 aromatic rings. The van der Waals surface area contributed by atoms with Gasteiger partial charge in [0.05, 0.1) is 0 Å². The SMILES string of the molecule is CN(C)C(=O)[C@@H](Cc1ccc(C(=N)N)cc1)C(=O)N[C@](C)(C(=O)NC(CCCN=C(N)N)C(=O)O)C1CCCCC1. The number of guanidine groups is 1. The maximum Gasteiger partial charge on any atom is 0.326 e. The number of hydrogen-bond acceptors (Lipinski definition) is 6. The van der Waals surface area contributed by atoms with Crippen molar-refractivity contribution in [1.29, 1.82) is 5.41 Å². The summed E-state index contributed by atoms with van der Waals surface area (Å²) in [7, 11) is 3.10. The molecule has 0 aliphatic heterocycles. The van der Waals surface area contributed by atoms with Crippen LogP contribution in [0.2, 0.25) is 0 Å². The maximum atomic E-state index is 13.8. The summed E-state index contributed by atoms with van der Waals surface area (Å²) in [5.41, 5.74) is 15.9. The highest BCUT2D eigenvalue weighted by atomic mass is 16.4. The van der Waals surface area contributed by atoms with Crippen LogP contribution in [0.15, 0.2) is 29.3 Å². The van der Waals surface area contributed by atoms with Gasteiger partial charge in [-0.2, -0.15) is 0 Å². The monoisotopic (exact) mass is 572 g/mol. The van der Waals surface area contributed by atoms with Crippen LogP contribution in [0.5, 0.6) is 0 Å². The molecular weight excluding hydrogens is 528 g/mol. The van der Waals surface area contributed by atoms with Crippen LogP contribution in [-0.2, 0) is 25.6 Å². The molecule has 13 heteroatoms. The summed E-state index contributed by atoms with van der Waals surface area (Å²) in [6, 6.07) is 5.48. The molecule has 1 saturated carbocycles. The molecule has 3 atom stereocenters. The van der Waals surface area contributed by atoms with Crippen molar-refractivity contribution >= 4 is 35.5 Å². The number of carboxylic acids is 1. The average molecular weight is 573 g/mol. The van der Waals surface area contributed by atoms with Gasteiger partial charge in [-0.15, -0.1) is 0 Å². The molecular formula is C28H44N8O5. The summed E-state index contributed by atoms with van der Waals surface area (Å²) in [5.74, 6) is -4.48. The number of hydrogen-bond donors (Lipinski definition) is 7. The van der Waals surface area contributed by atoms with E-state index in [-0.39, 0.29) is 37.1 Å². The molecule has 10 N–H and O–H groups in total. The van der Waals surface area contributed by atoms with E-state index in [9.17, 15) is 24.3 Å². The van der Waals surface area contributed by atoms with Crippen LogP contribution in [0, 0.1) is 17.2 Å². The van der Waals surface area contributed by atoms with E-state index < -0.39 is 41.2 Å². The molecule has 3 amide bonds. The highest BCUT2D eigenvalue weighted by molar-refractivity contribution is 6.03. The zero-order chi connectivity index (χ0) is 30.7. The van der Waals surface area contributed by atoms with Gasteiger partial charge in [-0.25, -0.2) is 4.79 Å². The normalized spacial score (nSPS) is 16.4. The van der Waals surface area contributed by atoms with Crippen LogP contribution in [0.3, 0.4) is 0 Å². The van der Waals surface area contributed by atoms with Crippen LogP contribution in [0.25, 0.3) is 0 Å². The number of aliphatic imine (C=N–C) groups is 1. The molecule has 1 aliphatic carbocycles. The van der Waals surface area contributed by atoms with Crippen LogP contribution in [0.1, 0.15) is 63.0 Å². The van der Waals surface area contributed by atoms with Gasteiger partial charge in [0.1, 0.15) is 23.3 Å². The standard InChI is InChI=1S/C28H44N8O5/c1-28(19-8-5-4-6-9-19,26(41)34-21(25(39)40)10-7-15-33-27(31)32)35-23(37)20(24(38)36(2)3)16-17-11-13-18(14-12-17)22(29)30/h11-14,19-21H,4-10,15-16H2,1-3H3,(H3,29,30)(H,34,41)(H,35,37)(H,39,40)(H4,31,32,33)/t20-,21?,28-/m0/s1. The average Bonchev–Trinajstić information content (AvgIpc) is 2.93. The fraction of sp³-hybridized carbons (Fsp3) is 0.571. The number of rotatable bonds is 14. The van der Waals surface area contributed by atoms with E-state index in [2.05, 4.69) is 15.6 Å². The number of nitrogens with two attached hydrogens (primary N) is 3. The van der Waals surface area contributed by atoms with Gasteiger partial charge in [0.15, 0.2) is 5.96 Å². The van der Waals surface area contributed by atoms with Crippen molar-refractivity contribution < 1.29 is 24.3 Å². The summed E-state index contributed by atoms with van der Waals surface area (Å²) in [6.45, 7) is 1.81. The molecule has 1 aromatic carbocycles. The summed E-state index contributed by atoms with van der Waals surface area (Å²) in [6.07, 6.45) is 4.55. The largest absolute Gasteiger partial charge is 0.480 e. The van der Waals surface area contributed by atoms with Crippen molar-refractivity contribution in [3.8, 4) is 0 Å². The molecule has 226 valence electrons. The topological polar surface area (TPSA) is 230 Å². The van der Waals surface area contributed by atoms with Crippen molar-refractivity contribution in [2.45, 2.75) is 69.9 Å². The Morgan fingerprint density at radius 2 is 1.71 bits per heavy atom. The lowest BCUT2D eigenvalue weighted by Crippen LogP contribution is -2.64. The van der Waals surface area contributed by atoms with Crippen LogP contribution in [-0.4, -0.2) is 77.7 Å². The molecule has 2 rings (SSSR count). The highest BCUT2D eigenvalue weighted by Crippen LogP contribution is 2.33. The minimum absolute atomic E-state index is 0.0614. The molecule has 1 fully saturated rings. The van der Waals surface area contributed by atoms with E-state index in [0.29, 0.717) is 30.4 Å². The molecule has 0 saturated heterocycles. The molecule has 0 bridgehead atoms. The van der Waals surface area contributed by atoms with Crippen molar-refractivity contribution in [1.82, 2.24) is 15.5 Å². The first-order chi connectivity index (χ1) is 19.3. The smallest absolute Gasteiger partial charge is 0.326 e. The fourth-order valence-electron chi connectivity index (χ4n) is 5.10. The van der Waals surface area contributed by atoms with Gasteiger partial charge < -0.3 is 37.8 Å². The number of benzene rings is 1. The number of nitrogen functional groups attached to an aromatic ring is 1. The van der Waals surface area contributed by atoms with E-state index in [0.717, 1.165) is 19.3 Å². The van der Waals surface area contributed by atoms with Gasteiger partial charge in [-0.3, -0.25) is 24.8 Å². The third-order valence-electron chi connectivity index (χ3n) is 7.59. The summed E-state index contributed by atoms with van der Waals surface area (Å²) < 4.78 is 0. The van der Waals surface area contributed by atoms with E-state index in [1.165, 1.54) is 4.90 Å². The lowest BCUT2D eigenvalue weighted by atomic mass is 9.74. The number of carbonyl (C=O) groups excluding carboxylic acids is 3. The molecule has 13 nitrogen and oxygen atoms in total. The Morgan fingerprint density at radius 3 is 2.22 bits per heavy atom. The molecule has 0 heterocycles. The van der Waals surface area contributed by atoms with Gasteiger partial charge in [0, 0.05) is 26.2 Å². The van der Waals surface area contributed by atoms with Gasteiger partial charge in [0.2, 0.25) is 17.7 Å². The molecule has 1 aliphatic rings. The minimum atomic E-state index is -1.45. The minimum Gasteiger partial charge on any atom is -0.480 e. The predicted molar refractivity (Wildman–Crippen MR) is 156 cm³/mol. The number of aliphatic carboxylic acids is 1. The Balaban J connectivity index is 2.33. The summed E-state index contributed by atoms with van der Waals surface area (Å²) >= 11 is 0. The zero-order valence-electron chi connectivity index (χ0n) is 24.1. The first kappa shape index (κ1) is 33.0. The number of carboxylic acid groups (broad SMARTS) is 1. The first-order valence-electron chi connectivity index (χ1n) is 13.8. The molecule has 41 heavy (non-hydrogen) atoms. The summed E-state index contributed by atoms with van der Waals surface area (Å²) in [4.78, 5) is 57.8. The molecule has 0 aromatic heterocycles. The summed E-state index contributed by atoms with van der Waals surface area (Å²) in [5, 5.41) is 22.8. The maximum absolute atomic E-state index is 13.8. The second kappa shape index (κ2) is 15.0. The molecule has 1 unspecified atom stereocenters. The zero-order valence-corrected chi connectivity index (χ0v) is 24.1.